The molecule has 182 valence electrons. The van der Waals surface area contributed by atoms with Crippen LogP contribution in [0, 0.1) is 6.92 Å². The molecule has 0 aliphatic carbocycles. The van der Waals surface area contributed by atoms with E-state index in [2.05, 4.69) is 9.47 Å². The van der Waals surface area contributed by atoms with Crippen molar-refractivity contribution in [2.45, 2.75) is 6.92 Å². The molecule has 3 rings (SSSR count). The molecule has 0 radical (unpaired) electrons. The second-order valence-electron chi connectivity index (χ2n) is 7.19. The van der Waals surface area contributed by atoms with Gasteiger partial charge in [-0.25, -0.2) is 19.2 Å². The number of aryl methyl sites for hydroxylation is 1. The van der Waals surface area contributed by atoms with Gasteiger partial charge in [-0.05, 0) is 73.2 Å². The van der Waals surface area contributed by atoms with E-state index in [-0.39, 0.29) is 45.8 Å². The molecule has 0 bridgehead atoms. The molecule has 0 fully saturated rings. The van der Waals surface area contributed by atoms with Gasteiger partial charge in [0.1, 0.15) is 11.5 Å². The van der Waals surface area contributed by atoms with E-state index in [4.69, 9.17) is 9.47 Å². The van der Waals surface area contributed by atoms with Gasteiger partial charge < -0.3 is 18.9 Å². The topological polar surface area (TPSA) is 139 Å². The Bertz CT molecular complexity index is 1360. The Hall–Kier alpha value is -5.12. The lowest BCUT2D eigenvalue weighted by Gasteiger charge is -2.09. The van der Waals surface area contributed by atoms with Crippen molar-refractivity contribution >= 4 is 36.6 Å². The summed E-state index contributed by atoms with van der Waals surface area (Å²) in [6.45, 7) is 1.59. The normalized spacial score (nSPS) is 10.1. The van der Waals surface area contributed by atoms with Gasteiger partial charge in [0.15, 0.2) is 6.29 Å². The third kappa shape index (κ3) is 5.86. The minimum Gasteiger partial charge on any atom is -0.465 e. The SMILES string of the molecule is COC(=O)c1cc(C(=O)Oc2ccc(OC(=O)c3ccc(C(=O)OC=O)c(C)c3)cc2)ccc1C=O. The first-order valence-electron chi connectivity index (χ1n) is 10.2. The summed E-state index contributed by atoms with van der Waals surface area (Å²) in [5.41, 5.74) is 0.709. The third-order valence-electron chi connectivity index (χ3n) is 4.90. The molecule has 3 aromatic rings. The molecule has 0 N–H and O–H groups in total. The summed E-state index contributed by atoms with van der Waals surface area (Å²) in [5, 5.41) is 0. The van der Waals surface area contributed by atoms with Crippen LogP contribution in [0.15, 0.2) is 60.7 Å². The summed E-state index contributed by atoms with van der Waals surface area (Å²) >= 11 is 0. The number of hydrogen-bond acceptors (Lipinski definition) is 10. The van der Waals surface area contributed by atoms with Crippen LogP contribution in [0.25, 0.3) is 0 Å². The highest BCUT2D eigenvalue weighted by Crippen LogP contribution is 2.21. The molecular weight excluding hydrogens is 472 g/mol. The Morgan fingerprint density at radius 2 is 1.22 bits per heavy atom. The molecule has 0 heterocycles. The molecule has 0 saturated heterocycles. The number of ether oxygens (including phenoxy) is 4. The Morgan fingerprint density at radius 3 is 1.72 bits per heavy atom. The number of carbonyl (C=O) groups is 6. The van der Waals surface area contributed by atoms with Gasteiger partial charge in [-0.1, -0.05) is 0 Å². The summed E-state index contributed by atoms with van der Waals surface area (Å²) in [6, 6.07) is 13.5. The molecule has 10 nitrogen and oxygen atoms in total. The van der Waals surface area contributed by atoms with Crippen molar-refractivity contribution < 1.29 is 47.7 Å². The zero-order chi connectivity index (χ0) is 26.2. The summed E-state index contributed by atoms with van der Waals surface area (Å²) in [4.78, 5) is 69.9. The van der Waals surface area contributed by atoms with E-state index in [1.807, 2.05) is 0 Å². The van der Waals surface area contributed by atoms with Gasteiger partial charge in [0, 0.05) is 5.56 Å². The fourth-order valence-corrected chi connectivity index (χ4v) is 3.11. The van der Waals surface area contributed by atoms with Gasteiger partial charge in [-0.3, -0.25) is 9.59 Å². The summed E-state index contributed by atoms with van der Waals surface area (Å²) in [5.74, 6) is -2.81. The highest BCUT2D eigenvalue weighted by molar-refractivity contribution is 6.01. The first kappa shape index (κ1) is 25.5. The molecule has 0 saturated carbocycles. The zero-order valence-electron chi connectivity index (χ0n) is 19.0. The Labute approximate surface area is 204 Å². The quantitative estimate of drug-likeness (QED) is 0.200. The second-order valence-corrected chi connectivity index (χ2v) is 7.19. The molecule has 0 atom stereocenters. The minimum absolute atomic E-state index is 0.0207. The van der Waals surface area contributed by atoms with Gasteiger partial charge in [-0.15, -0.1) is 0 Å². The Kier molecular flexibility index (Phi) is 8.03. The van der Waals surface area contributed by atoms with E-state index < -0.39 is 23.9 Å². The lowest BCUT2D eigenvalue weighted by atomic mass is 10.0. The van der Waals surface area contributed by atoms with E-state index in [1.54, 1.807) is 6.92 Å². The van der Waals surface area contributed by atoms with Crippen LogP contribution in [0.2, 0.25) is 0 Å². The van der Waals surface area contributed by atoms with Crippen molar-refractivity contribution in [2.24, 2.45) is 0 Å². The maximum atomic E-state index is 12.5. The van der Waals surface area contributed by atoms with E-state index in [9.17, 15) is 28.8 Å². The summed E-state index contributed by atoms with van der Waals surface area (Å²) in [6.07, 6.45) is 0.471. The molecular formula is C26H18O10. The molecule has 0 aliphatic rings. The predicted octanol–water partition coefficient (Wildman–Crippen LogP) is 3.35. The van der Waals surface area contributed by atoms with E-state index in [1.165, 1.54) is 60.7 Å². The number of carbonyl (C=O) groups excluding carboxylic acids is 6. The highest BCUT2D eigenvalue weighted by Gasteiger charge is 2.18. The molecule has 10 heteroatoms. The molecule has 0 aliphatic heterocycles. The molecule has 0 amide bonds. The largest absolute Gasteiger partial charge is 0.465 e. The van der Waals surface area contributed by atoms with Crippen LogP contribution in [0.4, 0.5) is 0 Å². The number of rotatable bonds is 8. The van der Waals surface area contributed by atoms with Crippen molar-refractivity contribution in [2.75, 3.05) is 7.11 Å². The third-order valence-corrected chi connectivity index (χ3v) is 4.90. The van der Waals surface area contributed by atoms with Gasteiger partial charge in [0.25, 0.3) is 0 Å². The molecule has 0 spiro atoms. The Morgan fingerprint density at radius 1 is 0.667 bits per heavy atom. The lowest BCUT2D eigenvalue weighted by Crippen LogP contribution is -2.12. The van der Waals surface area contributed by atoms with Crippen molar-refractivity contribution in [3.8, 4) is 11.5 Å². The molecule has 3 aromatic carbocycles. The number of esters is 4. The van der Waals surface area contributed by atoms with Crippen LogP contribution >= 0.6 is 0 Å². The van der Waals surface area contributed by atoms with E-state index >= 15 is 0 Å². The maximum Gasteiger partial charge on any atom is 0.345 e. The minimum atomic E-state index is -0.839. The van der Waals surface area contributed by atoms with Crippen LogP contribution in [-0.2, 0) is 14.3 Å². The number of methoxy groups -OCH3 is 1. The monoisotopic (exact) mass is 490 g/mol. The fourth-order valence-electron chi connectivity index (χ4n) is 3.11. The van der Waals surface area contributed by atoms with Gasteiger partial charge in [0.2, 0.25) is 0 Å². The van der Waals surface area contributed by atoms with Crippen LogP contribution in [0.3, 0.4) is 0 Å². The van der Waals surface area contributed by atoms with Crippen molar-refractivity contribution in [3.63, 3.8) is 0 Å². The van der Waals surface area contributed by atoms with Gasteiger partial charge in [0.05, 0.1) is 29.4 Å². The average molecular weight is 490 g/mol. The van der Waals surface area contributed by atoms with Crippen molar-refractivity contribution in [3.05, 3.63) is 94.0 Å². The summed E-state index contributed by atoms with van der Waals surface area (Å²) in [7, 11) is 1.15. The van der Waals surface area contributed by atoms with Crippen LogP contribution in [0.1, 0.15) is 57.4 Å². The van der Waals surface area contributed by atoms with Crippen molar-refractivity contribution in [1.82, 2.24) is 0 Å². The second kappa shape index (κ2) is 11.3. The number of benzene rings is 3. The lowest BCUT2D eigenvalue weighted by molar-refractivity contribution is -0.123. The average Bonchev–Trinajstić information content (AvgIpc) is 2.88. The van der Waals surface area contributed by atoms with Gasteiger partial charge >= 0.3 is 30.3 Å². The van der Waals surface area contributed by atoms with Crippen molar-refractivity contribution in [1.29, 1.82) is 0 Å². The predicted molar refractivity (Wildman–Crippen MR) is 122 cm³/mol. The van der Waals surface area contributed by atoms with Crippen LogP contribution in [0.5, 0.6) is 11.5 Å². The zero-order valence-corrected chi connectivity index (χ0v) is 19.0. The van der Waals surface area contributed by atoms with E-state index in [0.29, 0.717) is 11.8 Å². The highest BCUT2D eigenvalue weighted by atomic mass is 16.6. The summed E-state index contributed by atoms with van der Waals surface area (Å²) < 4.78 is 19.5. The standard InChI is InChI=1S/C26H18O10/c1-15-11-16(5-10-21(15)26(32)34-14-28)23(29)35-19-6-8-20(9-7-19)36-24(30)17-3-4-18(13-27)22(12-17)25(31)33-2/h3-14H,1-2H3. The molecule has 0 unspecified atom stereocenters. The Balaban J connectivity index is 1.68. The molecule has 0 aromatic heterocycles. The number of hydrogen-bond donors (Lipinski definition) is 0. The maximum absolute atomic E-state index is 12.5. The van der Waals surface area contributed by atoms with Crippen LogP contribution in [-0.4, -0.2) is 43.7 Å². The molecule has 36 heavy (non-hydrogen) atoms. The smallest absolute Gasteiger partial charge is 0.345 e. The van der Waals surface area contributed by atoms with E-state index in [0.717, 1.165) is 7.11 Å². The first-order chi connectivity index (χ1) is 17.3. The van der Waals surface area contributed by atoms with Crippen LogP contribution < -0.4 is 9.47 Å². The van der Waals surface area contributed by atoms with Gasteiger partial charge in [-0.2, -0.15) is 0 Å². The first-order valence-corrected chi connectivity index (χ1v) is 10.2. The number of aldehydes is 1. The fraction of sp³-hybridized carbons (Fsp3) is 0.0769.